The van der Waals surface area contributed by atoms with Crippen molar-refractivity contribution in [2.45, 2.75) is 6.54 Å². The summed E-state index contributed by atoms with van der Waals surface area (Å²) < 4.78 is 1.11. The Bertz CT molecular complexity index is 615. The Morgan fingerprint density at radius 3 is 2.62 bits per heavy atom. The van der Waals surface area contributed by atoms with Crippen LogP contribution >= 0.6 is 0 Å². The van der Waals surface area contributed by atoms with E-state index >= 15 is 0 Å². The molecule has 0 saturated heterocycles. The normalized spacial score (nSPS) is 10.5. The summed E-state index contributed by atoms with van der Waals surface area (Å²) in [5, 5.41) is 18.7. The van der Waals surface area contributed by atoms with Gasteiger partial charge in [-0.3, -0.25) is 14.2 Å². The van der Waals surface area contributed by atoms with Crippen molar-refractivity contribution in [3.63, 3.8) is 0 Å². The van der Waals surface area contributed by atoms with Gasteiger partial charge in [0.1, 0.15) is 12.3 Å². The van der Waals surface area contributed by atoms with Gasteiger partial charge in [0.15, 0.2) is 0 Å². The van der Waals surface area contributed by atoms with Gasteiger partial charge in [0.05, 0.1) is 5.52 Å². The number of aromatic nitrogens is 1. The van der Waals surface area contributed by atoms with Crippen LogP contribution in [0, 0.1) is 0 Å². The zero-order valence-corrected chi connectivity index (χ0v) is 8.25. The van der Waals surface area contributed by atoms with Crippen molar-refractivity contribution in [3.05, 3.63) is 40.7 Å². The summed E-state index contributed by atoms with van der Waals surface area (Å²) in [6.07, 6.45) is 0. The topological polar surface area (TPSA) is 79.5 Å². The molecule has 0 aliphatic carbocycles. The Labute approximate surface area is 90.2 Å². The van der Waals surface area contributed by atoms with Crippen LogP contribution in [-0.4, -0.2) is 20.7 Å². The average molecular weight is 219 g/mol. The minimum Gasteiger partial charge on any atom is -0.508 e. The minimum atomic E-state index is -1.10. The molecule has 0 amide bonds. The second-order valence-electron chi connectivity index (χ2n) is 3.39. The zero-order chi connectivity index (χ0) is 11.7. The van der Waals surface area contributed by atoms with Gasteiger partial charge in [-0.2, -0.15) is 0 Å². The molecule has 2 rings (SSSR count). The van der Waals surface area contributed by atoms with E-state index in [2.05, 4.69) is 0 Å². The van der Waals surface area contributed by atoms with Crippen LogP contribution in [0.3, 0.4) is 0 Å². The smallest absolute Gasteiger partial charge is 0.323 e. The van der Waals surface area contributed by atoms with Crippen LogP contribution in [0.5, 0.6) is 5.75 Å². The standard InChI is InChI=1S/C11H9NO4/c13-8-3-1-7-2-4-10(14)12(6-11(15)16)9(7)5-8/h1-5,13H,6H2,(H,15,16). The molecule has 0 bridgehead atoms. The molecule has 0 aliphatic rings. The lowest BCUT2D eigenvalue weighted by Crippen LogP contribution is -2.23. The molecule has 0 unspecified atom stereocenters. The molecular weight excluding hydrogens is 210 g/mol. The average Bonchev–Trinajstić information content (AvgIpc) is 2.22. The summed E-state index contributed by atoms with van der Waals surface area (Å²) in [5.41, 5.74) is 0.00963. The zero-order valence-electron chi connectivity index (χ0n) is 8.25. The van der Waals surface area contributed by atoms with E-state index in [-0.39, 0.29) is 5.75 Å². The van der Waals surface area contributed by atoms with Crippen molar-refractivity contribution in [3.8, 4) is 5.75 Å². The lowest BCUT2D eigenvalue weighted by Gasteiger charge is -2.07. The molecular formula is C11H9NO4. The van der Waals surface area contributed by atoms with Gasteiger partial charge in [0, 0.05) is 12.1 Å². The van der Waals surface area contributed by atoms with E-state index in [1.807, 2.05) is 0 Å². The number of carboxylic acids is 1. The number of hydrogen-bond acceptors (Lipinski definition) is 3. The van der Waals surface area contributed by atoms with E-state index in [4.69, 9.17) is 5.11 Å². The summed E-state index contributed by atoms with van der Waals surface area (Å²) in [5.74, 6) is -1.10. The van der Waals surface area contributed by atoms with Crippen molar-refractivity contribution in [1.82, 2.24) is 4.57 Å². The number of aromatic hydroxyl groups is 1. The van der Waals surface area contributed by atoms with Gasteiger partial charge in [-0.15, -0.1) is 0 Å². The van der Waals surface area contributed by atoms with Crippen LogP contribution in [0.25, 0.3) is 10.9 Å². The number of nitrogens with zero attached hydrogens (tertiary/aromatic N) is 1. The van der Waals surface area contributed by atoms with Crippen LogP contribution in [0.4, 0.5) is 0 Å². The Morgan fingerprint density at radius 2 is 1.94 bits per heavy atom. The first-order valence-electron chi connectivity index (χ1n) is 4.62. The summed E-state index contributed by atoms with van der Waals surface area (Å²) >= 11 is 0. The molecule has 0 fully saturated rings. The van der Waals surface area contributed by atoms with Gasteiger partial charge in [-0.05, 0) is 23.6 Å². The Balaban J connectivity index is 2.77. The number of carbonyl (C=O) groups is 1. The number of carboxylic acid groups (broad SMARTS) is 1. The van der Waals surface area contributed by atoms with Crippen LogP contribution in [0.1, 0.15) is 0 Å². The Kier molecular flexibility index (Phi) is 2.36. The van der Waals surface area contributed by atoms with Crippen molar-refractivity contribution < 1.29 is 15.0 Å². The number of pyridine rings is 1. The molecule has 1 aromatic heterocycles. The molecule has 0 saturated carbocycles. The number of benzene rings is 1. The van der Waals surface area contributed by atoms with E-state index in [1.54, 1.807) is 12.1 Å². The maximum absolute atomic E-state index is 11.5. The molecule has 0 atom stereocenters. The van der Waals surface area contributed by atoms with Gasteiger partial charge in [-0.25, -0.2) is 0 Å². The Hall–Kier alpha value is -2.30. The molecule has 82 valence electrons. The van der Waals surface area contributed by atoms with E-state index in [0.717, 1.165) is 4.57 Å². The first kappa shape index (κ1) is 10.2. The maximum atomic E-state index is 11.5. The molecule has 1 aromatic carbocycles. The molecule has 5 nitrogen and oxygen atoms in total. The van der Waals surface area contributed by atoms with Gasteiger partial charge in [-0.1, -0.05) is 0 Å². The highest BCUT2D eigenvalue weighted by Gasteiger charge is 2.07. The Morgan fingerprint density at radius 1 is 1.25 bits per heavy atom. The monoisotopic (exact) mass is 219 g/mol. The van der Waals surface area contributed by atoms with Crippen LogP contribution < -0.4 is 5.56 Å². The highest BCUT2D eigenvalue weighted by atomic mass is 16.4. The highest BCUT2D eigenvalue weighted by molar-refractivity contribution is 5.81. The summed E-state index contributed by atoms with van der Waals surface area (Å²) in [4.78, 5) is 22.1. The van der Waals surface area contributed by atoms with E-state index in [0.29, 0.717) is 10.9 Å². The number of phenolic OH excluding ortho intramolecular Hbond substituents is 1. The first-order chi connectivity index (χ1) is 7.58. The molecule has 2 N–H and O–H groups in total. The summed E-state index contributed by atoms with van der Waals surface area (Å²) in [6, 6.07) is 7.39. The lowest BCUT2D eigenvalue weighted by molar-refractivity contribution is -0.137. The van der Waals surface area contributed by atoms with Crippen molar-refractivity contribution in [2.24, 2.45) is 0 Å². The number of fused-ring (bicyclic) bond motifs is 1. The molecule has 0 spiro atoms. The minimum absolute atomic E-state index is 0.00256. The molecule has 5 heteroatoms. The van der Waals surface area contributed by atoms with Gasteiger partial charge in [0.25, 0.3) is 5.56 Å². The quantitative estimate of drug-likeness (QED) is 0.782. The third-order valence-corrected chi connectivity index (χ3v) is 2.27. The molecule has 16 heavy (non-hydrogen) atoms. The molecule has 1 heterocycles. The largest absolute Gasteiger partial charge is 0.508 e. The number of phenols is 1. The summed E-state index contributed by atoms with van der Waals surface area (Å²) in [6.45, 7) is -0.417. The highest BCUT2D eigenvalue weighted by Crippen LogP contribution is 2.18. The van der Waals surface area contributed by atoms with Gasteiger partial charge in [0.2, 0.25) is 0 Å². The van der Waals surface area contributed by atoms with E-state index in [1.165, 1.54) is 18.2 Å². The predicted molar refractivity (Wildman–Crippen MR) is 57.5 cm³/mol. The molecule has 0 aliphatic heterocycles. The third-order valence-electron chi connectivity index (χ3n) is 2.27. The maximum Gasteiger partial charge on any atom is 0.323 e. The van der Waals surface area contributed by atoms with Crippen molar-refractivity contribution in [1.29, 1.82) is 0 Å². The number of aliphatic carboxylic acids is 1. The second-order valence-corrected chi connectivity index (χ2v) is 3.39. The van der Waals surface area contributed by atoms with E-state index in [9.17, 15) is 14.7 Å². The fraction of sp³-hybridized carbons (Fsp3) is 0.0909. The fourth-order valence-electron chi connectivity index (χ4n) is 1.57. The lowest BCUT2D eigenvalue weighted by atomic mass is 10.2. The summed E-state index contributed by atoms with van der Waals surface area (Å²) in [7, 11) is 0. The number of hydrogen-bond donors (Lipinski definition) is 2. The predicted octanol–water partition coefficient (Wildman–Crippen LogP) is 0.792. The van der Waals surface area contributed by atoms with Crippen molar-refractivity contribution >= 4 is 16.9 Å². The second kappa shape index (κ2) is 3.69. The van der Waals surface area contributed by atoms with Crippen LogP contribution in [0.15, 0.2) is 35.1 Å². The van der Waals surface area contributed by atoms with Crippen molar-refractivity contribution in [2.75, 3.05) is 0 Å². The molecule has 0 radical (unpaired) electrons. The van der Waals surface area contributed by atoms with Crippen LogP contribution in [0.2, 0.25) is 0 Å². The SMILES string of the molecule is O=C(O)Cn1c(=O)ccc2ccc(O)cc21. The van der Waals surface area contributed by atoms with Gasteiger partial charge >= 0.3 is 5.97 Å². The van der Waals surface area contributed by atoms with Gasteiger partial charge < -0.3 is 10.2 Å². The van der Waals surface area contributed by atoms with E-state index < -0.39 is 18.1 Å². The molecule has 2 aromatic rings. The fourth-order valence-corrected chi connectivity index (χ4v) is 1.57. The van der Waals surface area contributed by atoms with Crippen LogP contribution in [-0.2, 0) is 11.3 Å². The number of rotatable bonds is 2. The first-order valence-corrected chi connectivity index (χ1v) is 4.62. The third kappa shape index (κ3) is 1.75.